The van der Waals surface area contributed by atoms with Gasteiger partial charge in [0.15, 0.2) is 0 Å². The van der Waals surface area contributed by atoms with E-state index in [1.165, 1.54) is 16.8 Å². The Morgan fingerprint density at radius 1 is 1.25 bits per heavy atom. The minimum absolute atomic E-state index is 0.0725. The first kappa shape index (κ1) is 12.2. The van der Waals surface area contributed by atoms with Crippen LogP contribution in [0.2, 0.25) is 0 Å². The number of fused-ring (bicyclic) bond motifs is 1. The second-order valence-electron chi connectivity index (χ2n) is 4.39. The molecule has 1 aromatic heterocycles. The maximum Gasteiger partial charge on any atom is 0.250 e. The summed E-state index contributed by atoms with van der Waals surface area (Å²) in [5.41, 5.74) is 12.2. The van der Waals surface area contributed by atoms with E-state index in [1.807, 2.05) is 0 Å². The molecule has 0 aliphatic rings. The summed E-state index contributed by atoms with van der Waals surface area (Å²) in [4.78, 5) is 11.4. The zero-order valence-corrected chi connectivity index (χ0v) is 10.4. The van der Waals surface area contributed by atoms with Crippen LogP contribution in [0.25, 0.3) is 16.6 Å². The first-order valence-electron chi connectivity index (χ1n) is 5.90. The average Bonchev–Trinajstić information content (AvgIpc) is 2.85. The highest BCUT2D eigenvalue weighted by Crippen LogP contribution is 2.21. The third kappa shape index (κ3) is 1.87. The normalized spacial score (nSPS) is 10.8. The topological polar surface area (TPSA) is 86.9 Å². The van der Waals surface area contributed by atoms with Crippen LogP contribution in [-0.4, -0.2) is 15.7 Å². The Morgan fingerprint density at radius 3 is 2.75 bits per heavy atom. The summed E-state index contributed by atoms with van der Waals surface area (Å²) in [7, 11) is 0. The average molecular weight is 270 g/mol. The molecule has 4 N–H and O–H groups in total. The summed E-state index contributed by atoms with van der Waals surface area (Å²) in [6.45, 7) is 0. The van der Waals surface area contributed by atoms with Gasteiger partial charge < -0.3 is 11.5 Å². The number of nitrogen functional groups attached to an aromatic ring is 1. The monoisotopic (exact) mass is 270 g/mol. The highest BCUT2D eigenvalue weighted by atomic mass is 19.1. The van der Waals surface area contributed by atoms with Crippen LogP contribution in [0.3, 0.4) is 0 Å². The van der Waals surface area contributed by atoms with E-state index in [4.69, 9.17) is 11.5 Å². The third-order valence-corrected chi connectivity index (χ3v) is 3.05. The Kier molecular flexibility index (Phi) is 2.64. The van der Waals surface area contributed by atoms with Gasteiger partial charge in [0.2, 0.25) is 0 Å². The van der Waals surface area contributed by atoms with Gasteiger partial charge in [0.1, 0.15) is 11.3 Å². The van der Waals surface area contributed by atoms with Gasteiger partial charge in [-0.05, 0) is 18.2 Å². The van der Waals surface area contributed by atoms with Crippen molar-refractivity contribution in [3.8, 4) is 5.69 Å². The van der Waals surface area contributed by atoms with Gasteiger partial charge >= 0.3 is 0 Å². The lowest BCUT2D eigenvalue weighted by atomic mass is 10.1. The van der Waals surface area contributed by atoms with Crippen LogP contribution in [-0.2, 0) is 0 Å². The van der Waals surface area contributed by atoms with E-state index >= 15 is 0 Å². The molecule has 1 amide bonds. The third-order valence-electron chi connectivity index (χ3n) is 3.05. The van der Waals surface area contributed by atoms with Gasteiger partial charge in [-0.3, -0.25) is 4.79 Å². The fourth-order valence-corrected chi connectivity index (χ4v) is 2.04. The highest BCUT2D eigenvalue weighted by molar-refractivity contribution is 6.04. The molecule has 0 unspecified atom stereocenters. The molecule has 0 radical (unpaired) electrons. The number of carbonyl (C=O) groups excluding carboxylic acids is 1. The molecular weight excluding hydrogens is 259 g/mol. The minimum Gasteiger partial charge on any atom is -0.396 e. The van der Waals surface area contributed by atoms with Crippen molar-refractivity contribution in [2.24, 2.45) is 5.73 Å². The van der Waals surface area contributed by atoms with Crippen molar-refractivity contribution < 1.29 is 9.18 Å². The van der Waals surface area contributed by atoms with E-state index < -0.39 is 11.7 Å². The smallest absolute Gasteiger partial charge is 0.250 e. The number of hydrogen-bond acceptors (Lipinski definition) is 3. The van der Waals surface area contributed by atoms with Crippen LogP contribution in [0.1, 0.15) is 10.4 Å². The quantitative estimate of drug-likeness (QED) is 0.696. The number of nitrogens with two attached hydrogens (primary N) is 2. The first-order chi connectivity index (χ1) is 9.56. The molecule has 2 aromatic carbocycles. The van der Waals surface area contributed by atoms with Gasteiger partial charge in [-0.15, -0.1) is 0 Å². The van der Waals surface area contributed by atoms with Crippen molar-refractivity contribution in [3.05, 3.63) is 54.0 Å². The largest absolute Gasteiger partial charge is 0.396 e. The lowest BCUT2D eigenvalue weighted by Crippen LogP contribution is -2.11. The standard InChI is InChI=1S/C14H11FN4O/c15-11-6-9(4-5-12(11)16)19-7-8-2-1-3-10(14(17)20)13(8)18-19/h1-7H,16H2,(H2,17,20). The molecule has 3 aromatic rings. The van der Waals surface area contributed by atoms with E-state index in [0.717, 1.165) is 5.39 Å². The number of amides is 1. The molecule has 0 atom stereocenters. The number of carbonyl (C=O) groups is 1. The molecule has 0 bridgehead atoms. The molecule has 20 heavy (non-hydrogen) atoms. The van der Waals surface area contributed by atoms with Gasteiger partial charge in [-0.2, -0.15) is 5.10 Å². The molecule has 0 spiro atoms. The summed E-state index contributed by atoms with van der Waals surface area (Å²) in [5.74, 6) is -1.07. The van der Waals surface area contributed by atoms with Crippen LogP contribution in [0, 0.1) is 5.82 Å². The maximum atomic E-state index is 13.5. The first-order valence-corrected chi connectivity index (χ1v) is 5.90. The molecule has 3 rings (SSSR count). The van der Waals surface area contributed by atoms with Crippen LogP contribution < -0.4 is 11.5 Å². The zero-order chi connectivity index (χ0) is 14.3. The Balaban J connectivity index is 2.20. The predicted molar refractivity (Wildman–Crippen MR) is 74.0 cm³/mol. The zero-order valence-electron chi connectivity index (χ0n) is 10.4. The number of hydrogen-bond donors (Lipinski definition) is 2. The van der Waals surface area contributed by atoms with Gasteiger partial charge in [0, 0.05) is 17.6 Å². The number of nitrogens with zero attached hydrogens (tertiary/aromatic N) is 2. The number of halogens is 1. The van der Waals surface area contributed by atoms with E-state index in [2.05, 4.69) is 5.10 Å². The van der Waals surface area contributed by atoms with Crippen molar-refractivity contribution in [1.29, 1.82) is 0 Å². The Labute approximate surface area is 113 Å². The fraction of sp³-hybridized carbons (Fsp3) is 0. The van der Waals surface area contributed by atoms with Gasteiger partial charge in [0.05, 0.1) is 16.9 Å². The summed E-state index contributed by atoms with van der Waals surface area (Å²) in [5, 5.41) is 5.03. The number of rotatable bonds is 2. The Hall–Kier alpha value is -2.89. The summed E-state index contributed by atoms with van der Waals surface area (Å²) >= 11 is 0. The van der Waals surface area contributed by atoms with Crippen molar-refractivity contribution in [2.45, 2.75) is 0 Å². The molecular formula is C14H11FN4O. The van der Waals surface area contributed by atoms with Gasteiger partial charge in [-0.1, -0.05) is 12.1 Å². The number of benzene rings is 2. The van der Waals surface area contributed by atoms with E-state index in [-0.39, 0.29) is 5.69 Å². The van der Waals surface area contributed by atoms with Crippen LogP contribution >= 0.6 is 0 Å². The molecule has 5 nitrogen and oxygen atoms in total. The lowest BCUT2D eigenvalue weighted by Gasteiger charge is -2.02. The molecule has 0 aliphatic heterocycles. The summed E-state index contributed by atoms with van der Waals surface area (Å²) < 4.78 is 15.0. The second-order valence-corrected chi connectivity index (χ2v) is 4.39. The van der Waals surface area contributed by atoms with Crippen molar-refractivity contribution in [3.63, 3.8) is 0 Å². The summed E-state index contributed by atoms with van der Waals surface area (Å²) in [6, 6.07) is 9.52. The molecule has 0 fully saturated rings. The van der Waals surface area contributed by atoms with Crippen molar-refractivity contribution in [2.75, 3.05) is 5.73 Å². The molecule has 0 saturated heterocycles. The van der Waals surface area contributed by atoms with Crippen LogP contribution in [0.4, 0.5) is 10.1 Å². The van der Waals surface area contributed by atoms with Gasteiger partial charge in [0.25, 0.3) is 5.91 Å². The number of primary amides is 1. The van der Waals surface area contributed by atoms with Crippen LogP contribution in [0.15, 0.2) is 42.6 Å². The lowest BCUT2D eigenvalue weighted by molar-refractivity contribution is 0.100. The number of anilines is 1. The minimum atomic E-state index is -0.552. The predicted octanol–water partition coefficient (Wildman–Crippen LogP) is 1.85. The van der Waals surface area contributed by atoms with Gasteiger partial charge in [-0.25, -0.2) is 9.07 Å². The number of aromatic nitrogens is 2. The molecule has 6 heteroatoms. The molecule has 0 aliphatic carbocycles. The molecule has 100 valence electrons. The SMILES string of the molecule is NC(=O)c1cccc2cn(-c3ccc(N)c(F)c3)nc12. The Morgan fingerprint density at radius 2 is 2.05 bits per heavy atom. The van der Waals surface area contributed by atoms with Crippen molar-refractivity contribution >= 4 is 22.5 Å². The van der Waals surface area contributed by atoms with E-state index in [9.17, 15) is 9.18 Å². The Bertz CT molecular complexity index is 825. The second kappa shape index (κ2) is 4.34. The fourth-order valence-electron chi connectivity index (χ4n) is 2.04. The summed E-state index contributed by atoms with van der Waals surface area (Å²) in [6.07, 6.45) is 1.70. The maximum absolute atomic E-state index is 13.5. The highest BCUT2D eigenvalue weighted by Gasteiger charge is 2.11. The van der Waals surface area contributed by atoms with E-state index in [0.29, 0.717) is 16.8 Å². The van der Waals surface area contributed by atoms with Crippen molar-refractivity contribution in [1.82, 2.24) is 9.78 Å². The molecule has 0 saturated carbocycles. The van der Waals surface area contributed by atoms with E-state index in [1.54, 1.807) is 30.5 Å². The molecule has 1 heterocycles. The van der Waals surface area contributed by atoms with Crippen LogP contribution in [0.5, 0.6) is 0 Å².